The second-order valence-corrected chi connectivity index (χ2v) is 5.32. The molecule has 0 unspecified atom stereocenters. The number of hydrogen-bond acceptors (Lipinski definition) is 4. The second kappa shape index (κ2) is 7.79. The highest BCUT2D eigenvalue weighted by atomic mass is 16.5. The fraction of sp³-hybridized carbons (Fsp3) is 0.500. The minimum absolute atomic E-state index is 0.127. The summed E-state index contributed by atoms with van der Waals surface area (Å²) in [5.74, 6) is -0.232. The molecule has 1 fully saturated rings. The molecule has 2 N–H and O–H groups in total. The van der Waals surface area contributed by atoms with Gasteiger partial charge in [0.2, 0.25) is 5.91 Å². The highest BCUT2D eigenvalue weighted by Gasteiger charge is 2.31. The van der Waals surface area contributed by atoms with Crippen molar-refractivity contribution in [3.63, 3.8) is 0 Å². The highest BCUT2D eigenvalue weighted by molar-refractivity contribution is 5.80. The van der Waals surface area contributed by atoms with Gasteiger partial charge in [-0.25, -0.2) is 0 Å². The molecule has 2 rings (SSSR count). The number of amides is 1. The van der Waals surface area contributed by atoms with E-state index < -0.39 is 12.0 Å². The van der Waals surface area contributed by atoms with Crippen LogP contribution >= 0.6 is 0 Å². The molecule has 0 bridgehead atoms. The van der Waals surface area contributed by atoms with Crippen LogP contribution in [0.3, 0.4) is 0 Å². The van der Waals surface area contributed by atoms with Gasteiger partial charge in [-0.2, -0.15) is 0 Å². The number of likely N-dealkylation sites (tertiary alicyclic amines) is 1. The Morgan fingerprint density at radius 2 is 2.27 bits per heavy atom. The average Bonchev–Trinajstić information content (AvgIpc) is 2.94. The Morgan fingerprint density at radius 1 is 1.45 bits per heavy atom. The molecule has 6 heteroatoms. The molecule has 0 radical (unpaired) electrons. The Kier molecular flexibility index (Phi) is 5.77. The SMILES string of the molecule is CCOc1cccc(CNC(=O)CN2CCC[C@@H]2C(=O)O)c1. The Balaban J connectivity index is 1.82. The lowest BCUT2D eigenvalue weighted by Gasteiger charge is -2.20. The summed E-state index contributed by atoms with van der Waals surface area (Å²) >= 11 is 0. The first-order valence-electron chi connectivity index (χ1n) is 7.55. The normalized spacial score (nSPS) is 18.1. The third-order valence-corrected chi connectivity index (χ3v) is 3.69. The molecule has 1 aliphatic rings. The van der Waals surface area contributed by atoms with E-state index in [4.69, 9.17) is 9.84 Å². The molecule has 1 amide bonds. The largest absolute Gasteiger partial charge is 0.494 e. The zero-order valence-corrected chi connectivity index (χ0v) is 12.7. The minimum Gasteiger partial charge on any atom is -0.494 e. The smallest absolute Gasteiger partial charge is 0.320 e. The molecule has 6 nitrogen and oxygen atoms in total. The summed E-state index contributed by atoms with van der Waals surface area (Å²) in [5, 5.41) is 11.9. The molecule has 1 atom stereocenters. The first-order chi connectivity index (χ1) is 10.6. The van der Waals surface area contributed by atoms with E-state index in [1.165, 1.54) is 0 Å². The summed E-state index contributed by atoms with van der Waals surface area (Å²) in [6.45, 7) is 3.71. The molecule has 1 aliphatic heterocycles. The number of carboxylic acid groups (broad SMARTS) is 1. The topological polar surface area (TPSA) is 78.9 Å². The van der Waals surface area contributed by atoms with Gasteiger partial charge in [-0.3, -0.25) is 14.5 Å². The van der Waals surface area contributed by atoms with E-state index in [0.29, 0.717) is 26.1 Å². The van der Waals surface area contributed by atoms with Crippen molar-refractivity contribution in [3.05, 3.63) is 29.8 Å². The van der Waals surface area contributed by atoms with Gasteiger partial charge in [-0.15, -0.1) is 0 Å². The van der Waals surface area contributed by atoms with E-state index in [2.05, 4.69) is 5.32 Å². The van der Waals surface area contributed by atoms with Crippen LogP contribution in [-0.2, 0) is 16.1 Å². The Hall–Kier alpha value is -2.08. The summed E-state index contributed by atoms with van der Waals surface area (Å²) in [7, 11) is 0. The lowest BCUT2D eigenvalue weighted by Crippen LogP contribution is -2.42. The van der Waals surface area contributed by atoms with Gasteiger partial charge in [0.05, 0.1) is 13.2 Å². The number of aliphatic carboxylic acids is 1. The van der Waals surface area contributed by atoms with Crippen molar-refractivity contribution in [2.24, 2.45) is 0 Å². The van der Waals surface area contributed by atoms with Crippen molar-refractivity contribution in [2.75, 3.05) is 19.7 Å². The summed E-state index contributed by atoms with van der Waals surface area (Å²) in [4.78, 5) is 24.8. The van der Waals surface area contributed by atoms with Crippen molar-refractivity contribution < 1.29 is 19.4 Å². The van der Waals surface area contributed by atoms with E-state index in [0.717, 1.165) is 17.7 Å². The van der Waals surface area contributed by atoms with E-state index in [1.54, 1.807) is 4.90 Å². The summed E-state index contributed by atoms with van der Waals surface area (Å²) in [6.07, 6.45) is 1.43. The van der Waals surface area contributed by atoms with Crippen LogP contribution in [0.1, 0.15) is 25.3 Å². The van der Waals surface area contributed by atoms with Crippen LogP contribution in [0.2, 0.25) is 0 Å². The lowest BCUT2D eigenvalue weighted by atomic mass is 10.2. The Bertz CT molecular complexity index is 533. The standard InChI is InChI=1S/C16H22N2O4/c1-2-22-13-6-3-5-12(9-13)10-17-15(19)11-18-8-4-7-14(18)16(20)21/h3,5-6,9,14H,2,4,7-8,10-11H2,1H3,(H,17,19)(H,20,21)/t14-/m1/s1. The maximum atomic E-state index is 12.0. The van der Waals surface area contributed by atoms with Crippen LogP contribution < -0.4 is 10.1 Å². The van der Waals surface area contributed by atoms with Crippen LogP contribution in [0.5, 0.6) is 5.75 Å². The summed E-state index contributed by atoms with van der Waals surface area (Å²) in [5.41, 5.74) is 0.954. The predicted octanol–water partition coefficient (Wildman–Crippen LogP) is 1.25. The van der Waals surface area contributed by atoms with Gasteiger partial charge in [0, 0.05) is 6.54 Å². The first kappa shape index (κ1) is 16.3. The van der Waals surface area contributed by atoms with Crippen LogP contribution in [0, 0.1) is 0 Å². The van der Waals surface area contributed by atoms with E-state index >= 15 is 0 Å². The van der Waals surface area contributed by atoms with Gasteiger partial charge in [0.15, 0.2) is 0 Å². The number of nitrogens with one attached hydrogen (secondary N) is 1. The maximum absolute atomic E-state index is 12.0. The number of benzene rings is 1. The molecule has 120 valence electrons. The molecule has 22 heavy (non-hydrogen) atoms. The van der Waals surface area contributed by atoms with Crippen LogP contribution in [0.15, 0.2) is 24.3 Å². The van der Waals surface area contributed by atoms with Gasteiger partial charge >= 0.3 is 5.97 Å². The van der Waals surface area contributed by atoms with Crippen molar-refractivity contribution in [1.82, 2.24) is 10.2 Å². The zero-order valence-electron chi connectivity index (χ0n) is 12.7. The fourth-order valence-corrected chi connectivity index (χ4v) is 2.65. The molecule has 1 aromatic rings. The summed E-state index contributed by atoms with van der Waals surface area (Å²) < 4.78 is 5.42. The molecule has 0 aromatic heterocycles. The first-order valence-corrected chi connectivity index (χ1v) is 7.55. The number of ether oxygens (including phenoxy) is 1. The molecule has 1 heterocycles. The third-order valence-electron chi connectivity index (χ3n) is 3.69. The fourth-order valence-electron chi connectivity index (χ4n) is 2.65. The monoisotopic (exact) mass is 306 g/mol. The number of carbonyl (C=O) groups is 2. The van der Waals surface area contributed by atoms with Crippen molar-refractivity contribution in [1.29, 1.82) is 0 Å². The third kappa shape index (κ3) is 4.46. The van der Waals surface area contributed by atoms with E-state index in [-0.39, 0.29) is 12.5 Å². The molecule has 1 saturated heterocycles. The van der Waals surface area contributed by atoms with Gasteiger partial charge < -0.3 is 15.2 Å². The zero-order chi connectivity index (χ0) is 15.9. The maximum Gasteiger partial charge on any atom is 0.320 e. The van der Waals surface area contributed by atoms with Gasteiger partial charge in [0.25, 0.3) is 0 Å². The molecule has 0 spiro atoms. The molecule has 0 saturated carbocycles. The average molecular weight is 306 g/mol. The minimum atomic E-state index is -0.852. The lowest BCUT2D eigenvalue weighted by molar-refractivity contribution is -0.142. The molecular formula is C16H22N2O4. The summed E-state index contributed by atoms with van der Waals surface area (Å²) in [6, 6.07) is 7.02. The van der Waals surface area contributed by atoms with Gasteiger partial charge in [0.1, 0.15) is 11.8 Å². The van der Waals surface area contributed by atoms with Crippen molar-refractivity contribution in [2.45, 2.75) is 32.4 Å². The predicted molar refractivity (Wildman–Crippen MR) is 81.7 cm³/mol. The Labute approximate surface area is 130 Å². The van der Waals surface area contributed by atoms with Crippen molar-refractivity contribution >= 4 is 11.9 Å². The van der Waals surface area contributed by atoms with Crippen LogP contribution in [-0.4, -0.2) is 47.6 Å². The van der Waals surface area contributed by atoms with Crippen LogP contribution in [0.25, 0.3) is 0 Å². The van der Waals surface area contributed by atoms with E-state index in [1.807, 2.05) is 31.2 Å². The number of hydrogen-bond donors (Lipinski definition) is 2. The molecular weight excluding hydrogens is 284 g/mol. The molecule has 0 aliphatic carbocycles. The quantitative estimate of drug-likeness (QED) is 0.792. The van der Waals surface area contributed by atoms with Crippen molar-refractivity contribution in [3.8, 4) is 5.75 Å². The number of carboxylic acids is 1. The van der Waals surface area contributed by atoms with Crippen LogP contribution in [0.4, 0.5) is 0 Å². The van der Waals surface area contributed by atoms with Gasteiger partial charge in [-0.1, -0.05) is 12.1 Å². The highest BCUT2D eigenvalue weighted by Crippen LogP contribution is 2.17. The molecule has 1 aromatic carbocycles. The second-order valence-electron chi connectivity index (χ2n) is 5.32. The van der Waals surface area contributed by atoms with E-state index in [9.17, 15) is 9.59 Å². The Morgan fingerprint density at radius 3 is 3.00 bits per heavy atom. The van der Waals surface area contributed by atoms with Gasteiger partial charge in [-0.05, 0) is 44.0 Å². The number of rotatable bonds is 7. The number of carbonyl (C=O) groups excluding carboxylic acids is 1. The number of nitrogens with zero attached hydrogens (tertiary/aromatic N) is 1.